The van der Waals surface area contributed by atoms with E-state index in [0.717, 1.165) is 5.88 Å². The predicted molar refractivity (Wildman–Crippen MR) is 55.1 cm³/mol. The molecule has 2 bridgehead atoms. The van der Waals surface area contributed by atoms with Gasteiger partial charge in [0.2, 0.25) is 0 Å². The second kappa shape index (κ2) is 2.30. The van der Waals surface area contributed by atoms with Gasteiger partial charge in [-0.05, 0) is 35.7 Å². The average molecular weight is 193 g/mol. The average Bonchev–Trinajstić information content (AvgIpc) is 2.02. The molecule has 0 amide bonds. The molecule has 13 heavy (non-hydrogen) atoms. The van der Waals surface area contributed by atoms with Gasteiger partial charge in [-0.3, -0.25) is 0 Å². The van der Waals surface area contributed by atoms with Crippen LogP contribution in [-0.4, -0.2) is 5.88 Å². The summed E-state index contributed by atoms with van der Waals surface area (Å²) in [6.45, 7) is 0. The van der Waals surface area contributed by atoms with Gasteiger partial charge >= 0.3 is 0 Å². The summed E-state index contributed by atoms with van der Waals surface area (Å²) in [5.74, 6) is 0.863. The Morgan fingerprint density at radius 2 is 1.69 bits per heavy atom. The maximum Gasteiger partial charge on any atom is 0.0280 e. The molecule has 3 aliphatic rings. The van der Waals surface area contributed by atoms with Crippen LogP contribution < -0.4 is 0 Å². The van der Waals surface area contributed by atoms with Crippen LogP contribution in [0.2, 0.25) is 0 Å². The lowest BCUT2D eigenvalue weighted by atomic mass is 9.34. The number of alkyl halides is 1. The highest BCUT2D eigenvalue weighted by Gasteiger charge is 2.67. The van der Waals surface area contributed by atoms with E-state index in [0.29, 0.717) is 10.8 Å². The Balaban J connectivity index is 1.85. The van der Waals surface area contributed by atoms with Crippen LogP contribution in [0, 0.1) is 5.41 Å². The van der Waals surface area contributed by atoms with Crippen molar-refractivity contribution in [3.63, 3.8) is 0 Å². The molecule has 0 saturated heterocycles. The predicted octanol–water partition coefficient (Wildman–Crippen LogP) is 3.35. The minimum Gasteiger partial charge on any atom is -0.126 e. The lowest BCUT2D eigenvalue weighted by Crippen LogP contribution is -2.65. The van der Waals surface area contributed by atoms with Gasteiger partial charge in [0, 0.05) is 5.88 Å². The van der Waals surface area contributed by atoms with E-state index in [4.69, 9.17) is 11.6 Å². The molecule has 0 heterocycles. The molecule has 0 aromatic heterocycles. The minimum absolute atomic E-state index is 0.538. The van der Waals surface area contributed by atoms with Crippen LogP contribution in [0.3, 0.4) is 0 Å². The van der Waals surface area contributed by atoms with Crippen LogP contribution in [0.5, 0.6) is 0 Å². The highest BCUT2D eigenvalue weighted by Crippen LogP contribution is 2.73. The highest BCUT2D eigenvalue weighted by atomic mass is 35.5. The number of benzene rings is 1. The molecular formula is C12H13Cl. The summed E-state index contributed by atoms with van der Waals surface area (Å²) in [6, 6.07) is 10.9. The summed E-state index contributed by atoms with van der Waals surface area (Å²) in [5.41, 5.74) is 2.61. The maximum absolute atomic E-state index is 5.93. The van der Waals surface area contributed by atoms with E-state index >= 15 is 0 Å². The quantitative estimate of drug-likeness (QED) is 0.631. The summed E-state index contributed by atoms with van der Waals surface area (Å²) >= 11 is 5.93. The molecule has 0 aliphatic heterocycles. The van der Waals surface area contributed by atoms with E-state index in [1.807, 2.05) is 0 Å². The summed E-state index contributed by atoms with van der Waals surface area (Å²) in [7, 11) is 0. The van der Waals surface area contributed by atoms with Crippen LogP contribution in [-0.2, 0) is 5.41 Å². The molecule has 68 valence electrons. The first kappa shape index (κ1) is 7.87. The second-order valence-electron chi connectivity index (χ2n) is 4.81. The Labute approximate surface area is 83.9 Å². The van der Waals surface area contributed by atoms with Crippen molar-refractivity contribution in [1.29, 1.82) is 0 Å². The summed E-state index contributed by atoms with van der Waals surface area (Å²) in [6.07, 6.45) is 3.98. The Morgan fingerprint density at radius 1 is 1.08 bits per heavy atom. The summed E-state index contributed by atoms with van der Waals surface area (Å²) in [5, 5.41) is 0. The van der Waals surface area contributed by atoms with Gasteiger partial charge in [0.25, 0.3) is 0 Å². The maximum atomic E-state index is 5.93. The molecule has 0 unspecified atom stereocenters. The minimum atomic E-state index is 0.538. The third-order valence-electron chi connectivity index (χ3n) is 3.81. The number of hydrogen-bond donors (Lipinski definition) is 0. The zero-order valence-corrected chi connectivity index (χ0v) is 8.35. The molecule has 0 N–H and O–H groups in total. The van der Waals surface area contributed by atoms with Crippen LogP contribution in [0.25, 0.3) is 0 Å². The van der Waals surface area contributed by atoms with Crippen molar-refractivity contribution in [1.82, 2.24) is 0 Å². The smallest absolute Gasteiger partial charge is 0.0280 e. The second-order valence-corrected chi connectivity index (χ2v) is 5.08. The molecule has 1 aromatic rings. The van der Waals surface area contributed by atoms with E-state index in [-0.39, 0.29) is 0 Å². The third kappa shape index (κ3) is 0.874. The van der Waals surface area contributed by atoms with Crippen LogP contribution >= 0.6 is 11.6 Å². The topological polar surface area (TPSA) is 0 Å². The van der Waals surface area contributed by atoms with Crippen LogP contribution in [0.15, 0.2) is 30.3 Å². The third-order valence-corrected chi connectivity index (χ3v) is 4.38. The fourth-order valence-electron chi connectivity index (χ4n) is 3.24. The monoisotopic (exact) mass is 192 g/mol. The standard InChI is InChI=1S/C12H13Cl/c13-9-11-6-12(7-11,8-11)10-4-2-1-3-5-10/h1-5H,6-9H2. The molecule has 3 aliphatic carbocycles. The van der Waals surface area contributed by atoms with Crippen molar-refractivity contribution in [2.45, 2.75) is 24.7 Å². The first-order valence-electron chi connectivity index (χ1n) is 4.90. The van der Waals surface area contributed by atoms with Crippen molar-refractivity contribution in [3.05, 3.63) is 35.9 Å². The highest BCUT2D eigenvalue weighted by molar-refractivity contribution is 6.18. The molecule has 0 nitrogen and oxygen atoms in total. The van der Waals surface area contributed by atoms with E-state index in [2.05, 4.69) is 30.3 Å². The van der Waals surface area contributed by atoms with E-state index in [1.165, 1.54) is 24.8 Å². The van der Waals surface area contributed by atoms with Gasteiger partial charge in [0.05, 0.1) is 0 Å². The van der Waals surface area contributed by atoms with Crippen molar-refractivity contribution < 1.29 is 0 Å². The van der Waals surface area contributed by atoms with Gasteiger partial charge in [-0.25, -0.2) is 0 Å². The van der Waals surface area contributed by atoms with E-state index < -0.39 is 0 Å². The molecule has 3 fully saturated rings. The number of halogens is 1. The van der Waals surface area contributed by atoms with Gasteiger partial charge in [-0.1, -0.05) is 30.3 Å². The number of hydrogen-bond acceptors (Lipinski definition) is 0. The largest absolute Gasteiger partial charge is 0.126 e. The Bertz CT molecular complexity index is 308. The van der Waals surface area contributed by atoms with E-state index in [9.17, 15) is 0 Å². The lowest BCUT2D eigenvalue weighted by molar-refractivity contribution is -0.122. The van der Waals surface area contributed by atoms with Gasteiger partial charge < -0.3 is 0 Å². The Hall–Kier alpha value is -0.490. The van der Waals surface area contributed by atoms with Gasteiger partial charge in [0.15, 0.2) is 0 Å². The molecule has 0 spiro atoms. The van der Waals surface area contributed by atoms with Crippen LogP contribution in [0.4, 0.5) is 0 Å². The SMILES string of the molecule is ClCC12CC(c3ccccc3)(C1)C2. The number of rotatable bonds is 2. The zero-order valence-electron chi connectivity index (χ0n) is 7.59. The zero-order chi connectivity index (χ0) is 8.94. The molecule has 4 rings (SSSR count). The Kier molecular flexibility index (Phi) is 1.39. The van der Waals surface area contributed by atoms with Crippen molar-refractivity contribution in [3.8, 4) is 0 Å². The fourth-order valence-corrected chi connectivity index (χ4v) is 3.52. The molecular weight excluding hydrogens is 180 g/mol. The first-order chi connectivity index (χ1) is 6.29. The van der Waals surface area contributed by atoms with Crippen molar-refractivity contribution in [2.75, 3.05) is 5.88 Å². The molecule has 1 aromatic carbocycles. The molecule has 0 atom stereocenters. The van der Waals surface area contributed by atoms with Gasteiger partial charge in [0.1, 0.15) is 0 Å². The van der Waals surface area contributed by atoms with E-state index in [1.54, 1.807) is 0 Å². The lowest BCUT2D eigenvalue weighted by Gasteiger charge is -2.71. The van der Waals surface area contributed by atoms with Crippen molar-refractivity contribution in [2.24, 2.45) is 5.41 Å². The van der Waals surface area contributed by atoms with Crippen molar-refractivity contribution >= 4 is 11.6 Å². The summed E-state index contributed by atoms with van der Waals surface area (Å²) in [4.78, 5) is 0. The van der Waals surface area contributed by atoms with Crippen LogP contribution in [0.1, 0.15) is 24.8 Å². The molecule has 1 heteroatoms. The summed E-state index contributed by atoms with van der Waals surface area (Å²) < 4.78 is 0. The molecule has 3 saturated carbocycles. The normalized spacial score (nSPS) is 40.7. The fraction of sp³-hybridized carbons (Fsp3) is 0.500. The van der Waals surface area contributed by atoms with Gasteiger partial charge in [-0.15, -0.1) is 11.6 Å². The van der Waals surface area contributed by atoms with Gasteiger partial charge in [-0.2, -0.15) is 0 Å². The molecule has 0 radical (unpaired) electrons. The first-order valence-corrected chi connectivity index (χ1v) is 5.44. The Morgan fingerprint density at radius 3 is 2.23 bits per heavy atom.